The zero-order chi connectivity index (χ0) is 21.7. The molecule has 0 saturated heterocycles. The molecule has 164 valence electrons. The number of nitrogens with two attached hydrogens (primary N) is 1. The third kappa shape index (κ3) is 6.33. The second kappa shape index (κ2) is 9.80. The van der Waals surface area contributed by atoms with Gasteiger partial charge in [-0.25, -0.2) is 13.1 Å². The highest BCUT2D eigenvalue weighted by atomic mass is 32.2. The first-order valence-corrected chi connectivity index (χ1v) is 11.1. The first kappa shape index (κ1) is 23.5. The molecule has 1 amide bonds. The van der Waals surface area contributed by atoms with E-state index in [1.54, 1.807) is 19.2 Å². The summed E-state index contributed by atoms with van der Waals surface area (Å²) in [4.78, 5) is 9.58. The van der Waals surface area contributed by atoms with Crippen molar-refractivity contribution in [2.45, 2.75) is 74.9 Å². The zero-order valence-electron chi connectivity index (χ0n) is 16.3. The molecule has 0 bridgehead atoms. The van der Waals surface area contributed by atoms with E-state index < -0.39 is 22.1 Å². The Morgan fingerprint density at radius 1 is 1.07 bits per heavy atom. The summed E-state index contributed by atoms with van der Waals surface area (Å²) in [6, 6.07) is 3.62. The van der Waals surface area contributed by atoms with Crippen LogP contribution in [0.2, 0.25) is 0 Å². The number of carbonyl (C=O) groups is 1. The average Bonchev–Trinajstić information content (AvgIpc) is 2.67. The zero-order valence-corrected chi connectivity index (χ0v) is 17.2. The minimum Gasteiger partial charge on any atom is -0.496 e. The number of ether oxygens (including phenoxy) is 1. The average molecular weight is 436 g/mol. The van der Waals surface area contributed by atoms with E-state index in [4.69, 9.17) is 9.53 Å². The number of alkyl halides is 3. The summed E-state index contributed by atoms with van der Waals surface area (Å²) < 4.78 is 66.1. The fourth-order valence-electron chi connectivity index (χ4n) is 3.75. The van der Waals surface area contributed by atoms with E-state index in [-0.39, 0.29) is 6.04 Å². The molecule has 0 atom stereocenters. The van der Waals surface area contributed by atoms with Crippen LogP contribution in [0.5, 0.6) is 5.75 Å². The van der Waals surface area contributed by atoms with Crippen molar-refractivity contribution in [1.29, 1.82) is 0 Å². The molecule has 3 N–H and O–H groups in total. The molecule has 1 aromatic rings. The lowest BCUT2D eigenvalue weighted by Gasteiger charge is -2.25. The molecule has 3 rings (SSSR count). The summed E-state index contributed by atoms with van der Waals surface area (Å²) in [5, 5.41) is 0. The Bertz CT molecular complexity index is 819. The Labute approximate surface area is 169 Å². The molecule has 6 nitrogen and oxygen atoms in total. The number of hydrogen-bond donors (Lipinski definition) is 2. The number of halogens is 3. The van der Waals surface area contributed by atoms with Crippen molar-refractivity contribution in [3.63, 3.8) is 0 Å². The van der Waals surface area contributed by atoms with Gasteiger partial charge in [0.1, 0.15) is 5.75 Å². The van der Waals surface area contributed by atoms with Crippen LogP contribution in [0.15, 0.2) is 17.0 Å². The predicted octanol–water partition coefficient (Wildman–Crippen LogP) is 3.22. The molecule has 1 aromatic carbocycles. The van der Waals surface area contributed by atoms with Crippen LogP contribution in [0.4, 0.5) is 13.2 Å². The van der Waals surface area contributed by atoms with Gasteiger partial charge in [-0.2, -0.15) is 13.2 Å². The van der Waals surface area contributed by atoms with Crippen molar-refractivity contribution in [1.82, 2.24) is 4.72 Å². The maximum Gasteiger partial charge on any atom is 0.470 e. The molecule has 0 aromatic heterocycles. The summed E-state index contributed by atoms with van der Waals surface area (Å²) in [6.45, 7) is 0. The number of amides is 1. The van der Waals surface area contributed by atoms with Crippen LogP contribution in [0.25, 0.3) is 0 Å². The van der Waals surface area contributed by atoms with Crippen LogP contribution >= 0.6 is 0 Å². The van der Waals surface area contributed by atoms with Crippen molar-refractivity contribution in [3.05, 3.63) is 23.3 Å². The van der Waals surface area contributed by atoms with Crippen molar-refractivity contribution in [2.75, 3.05) is 7.11 Å². The smallest absolute Gasteiger partial charge is 0.470 e. The molecule has 2 aliphatic carbocycles. The van der Waals surface area contributed by atoms with Gasteiger partial charge >= 0.3 is 12.1 Å². The number of primary amides is 1. The van der Waals surface area contributed by atoms with Gasteiger partial charge < -0.3 is 10.5 Å². The molecule has 0 radical (unpaired) electrons. The lowest BCUT2D eigenvalue weighted by molar-refractivity contribution is -0.169. The topological polar surface area (TPSA) is 98.5 Å². The molecule has 1 fully saturated rings. The molecule has 0 aliphatic heterocycles. The largest absolute Gasteiger partial charge is 0.496 e. The van der Waals surface area contributed by atoms with E-state index >= 15 is 0 Å². The maximum atomic E-state index is 12.8. The van der Waals surface area contributed by atoms with Crippen LogP contribution in [-0.4, -0.2) is 33.7 Å². The number of fused-ring (bicyclic) bond motifs is 1. The Balaban J connectivity index is 0.000000370. The monoisotopic (exact) mass is 436 g/mol. The molecule has 10 heteroatoms. The number of methoxy groups -OCH3 is 1. The first-order valence-electron chi connectivity index (χ1n) is 9.64. The normalized spacial score (nSPS) is 17.7. The van der Waals surface area contributed by atoms with Gasteiger partial charge in [0.15, 0.2) is 0 Å². The van der Waals surface area contributed by atoms with Crippen LogP contribution in [-0.2, 0) is 27.7 Å². The summed E-state index contributed by atoms with van der Waals surface area (Å²) in [5.74, 6) is -1.43. The number of carbonyl (C=O) groups excluding carboxylic acids is 1. The quantitative estimate of drug-likeness (QED) is 0.757. The van der Waals surface area contributed by atoms with Crippen LogP contribution < -0.4 is 15.2 Å². The number of benzene rings is 1. The Hall–Kier alpha value is -1.81. The van der Waals surface area contributed by atoms with E-state index in [1.807, 2.05) is 0 Å². The van der Waals surface area contributed by atoms with Crippen molar-refractivity contribution in [3.8, 4) is 5.75 Å². The molecular weight excluding hydrogens is 409 g/mol. The number of hydrogen-bond acceptors (Lipinski definition) is 4. The Morgan fingerprint density at radius 3 is 2.14 bits per heavy atom. The van der Waals surface area contributed by atoms with Crippen LogP contribution in [0, 0.1) is 0 Å². The minimum atomic E-state index is -4.86. The SMILES string of the molecule is COc1ccc(S(=O)(=O)NC2CCCCC2)c2c1CCCC2.NC(=O)C(F)(F)F. The molecular formula is C19H27F3N2O4S. The van der Waals surface area contributed by atoms with Crippen LogP contribution in [0.1, 0.15) is 56.1 Å². The van der Waals surface area contributed by atoms with E-state index in [0.29, 0.717) is 4.90 Å². The van der Waals surface area contributed by atoms with Gasteiger partial charge in [-0.05, 0) is 61.8 Å². The van der Waals surface area contributed by atoms with Gasteiger partial charge in [-0.1, -0.05) is 19.3 Å². The Morgan fingerprint density at radius 2 is 1.62 bits per heavy atom. The Kier molecular flexibility index (Phi) is 7.93. The number of sulfonamides is 1. The maximum absolute atomic E-state index is 12.8. The summed E-state index contributed by atoms with van der Waals surface area (Å²) >= 11 is 0. The van der Waals surface area contributed by atoms with Gasteiger partial charge in [0.2, 0.25) is 10.0 Å². The minimum absolute atomic E-state index is 0.0973. The molecule has 1 saturated carbocycles. The molecule has 2 aliphatic rings. The van der Waals surface area contributed by atoms with Gasteiger partial charge in [0, 0.05) is 6.04 Å². The number of rotatable bonds is 4. The highest BCUT2D eigenvalue weighted by Crippen LogP contribution is 2.34. The molecule has 0 heterocycles. The lowest BCUT2D eigenvalue weighted by Crippen LogP contribution is -2.36. The number of nitrogens with one attached hydrogen (secondary N) is 1. The molecule has 29 heavy (non-hydrogen) atoms. The fraction of sp³-hybridized carbons (Fsp3) is 0.632. The third-order valence-corrected chi connectivity index (χ3v) is 6.77. The van der Waals surface area contributed by atoms with Crippen molar-refractivity contribution >= 4 is 15.9 Å². The van der Waals surface area contributed by atoms with Crippen LogP contribution in [0.3, 0.4) is 0 Å². The lowest BCUT2D eigenvalue weighted by atomic mass is 9.91. The van der Waals surface area contributed by atoms with E-state index in [9.17, 15) is 21.6 Å². The van der Waals surface area contributed by atoms with Gasteiger partial charge in [0.25, 0.3) is 0 Å². The van der Waals surface area contributed by atoms with Crippen molar-refractivity contribution in [2.24, 2.45) is 5.73 Å². The van der Waals surface area contributed by atoms with Gasteiger partial charge in [0.05, 0.1) is 12.0 Å². The highest BCUT2D eigenvalue weighted by Gasteiger charge is 2.35. The van der Waals surface area contributed by atoms with E-state index in [1.165, 1.54) is 6.42 Å². The standard InChI is InChI=1S/C17H25NO3S.C2H2F3NO/c1-21-16-11-12-17(15-10-6-5-9-14(15)16)22(19,20)18-13-7-3-2-4-8-13;3-2(4,5)1(6)7/h11-13,18H,2-10H2,1H3;(H2,6,7). The van der Waals surface area contributed by atoms with E-state index in [0.717, 1.165) is 68.2 Å². The van der Waals surface area contributed by atoms with Crippen molar-refractivity contribution < 1.29 is 31.1 Å². The fourth-order valence-corrected chi connectivity index (χ4v) is 5.35. The molecule has 0 spiro atoms. The van der Waals surface area contributed by atoms with E-state index in [2.05, 4.69) is 10.5 Å². The summed E-state index contributed by atoms with van der Waals surface area (Å²) in [6.07, 6.45) is 4.39. The van der Waals surface area contributed by atoms with Gasteiger partial charge in [-0.15, -0.1) is 0 Å². The second-order valence-electron chi connectivity index (χ2n) is 7.25. The predicted molar refractivity (Wildman–Crippen MR) is 102 cm³/mol. The summed E-state index contributed by atoms with van der Waals surface area (Å²) in [7, 11) is -1.78. The first-order chi connectivity index (χ1) is 13.6. The second-order valence-corrected chi connectivity index (χ2v) is 8.93. The van der Waals surface area contributed by atoms with Gasteiger partial charge in [-0.3, -0.25) is 4.79 Å². The summed E-state index contributed by atoms with van der Waals surface area (Å²) in [5.41, 5.74) is 5.86. The molecule has 0 unspecified atom stereocenters. The third-order valence-electron chi connectivity index (χ3n) is 5.16. The highest BCUT2D eigenvalue weighted by molar-refractivity contribution is 7.89.